The molecule has 1 unspecified atom stereocenters. The van der Waals surface area contributed by atoms with Crippen LogP contribution in [0.4, 0.5) is 4.39 Å². The van der Waals surface area contributed by atoms with Crippen LogP contribution in [0.15, 0.2) is 35.7 Å². The number of carbonyl (C=O) groups excluding carboxylic acids is 1. The Labute approximate surface area is 135 Å². The Morgan fingerprint density at radius 1 is 1.30 bits per heavy atom. The van der Waals surface area contributed by atoms with Crippen LogP contribution in [0.5, 0.6) is 0 Å². The van der Waals surface area contributed by atoms with Crippen molar-refractivity contribution < 1.29 is 9.18 Å². The normalized spacial score (nSPS) is 12.4. The molecule has 0 saturated carbocycles. The minimum absolute atomic E-state index is 0.0906. The molecule has 1 aromatic heterocycles. The first-order chi connectivity index (χ1) is 9.47. The molecule has 2 aromatic rings. The van der Waals surface area contributed by atoms with E-state index in [1.165, 1.54) is 12.1 Å². The lowest BCUT2D eigenvalue weighted by Gasteiger charge is -2.22. The zero-order valence-corrected chi connectivity index (χ0v) is 14.2. The maximum atomic E-state index is 13.0. The fraction of sp³-hybridized carbons (Fsp3) is 0.267. The van der Waals surface area contributed by atoms with Crippen LogP contribution in [0.1, 0.15) is 35.8 Å². The molecule has 1 heterocycles. The molecule has 2 nitrogen and oxygen atoms in total. The summed E-state index contributed by atoms with van der Waals surface area (Å²) in [6.45, 7) is 4.07. The summed E-state index contributed by atoms with van der Waals surface area (Å²) in [6, 6.07) is 8.02. The van der Waals surface area contributed by atoms with E-state index in [9.17, 15) is 9.18 Å². The molecule has 0 fully saturated rings. The fourth-order valence-electron chi connectivity index (χ4n) is 1.96. The van der Waals surface area contributed by atoms with Gasteiger partial charge in [0, 0.05) is 5.38 Å². The van der Waals surface area contributed by atoms with E-state index < -0.39 is 0 Å². The summed E-state index contributed by atoms with van der Waals surface area (Å²) in [5, 5.41) is 4.87. The fourth-order valence-corrected chi connectivity index (χ4v) is 3.29. The maximum Gasteiger partial charge on any atom is 0.252 e. The quantitative estimate of drug-likeness (QED) is 0.742. The number of hydrogen-bond donors (Lipinski definition) is 1. The van der Waals surface area contributed by atoms with Crippen LogP contribution < -0.4 is 5.32 Å². The molecule has 1 N–H and O–H groups in total. The van der Waals surface area contributed by atoms with E-state index in [0.29, 0.717) is 5.56 Å². The van der Waals surface area contributed by atoms with Crippen molar-refractivity contribution in [2.24, 2.45) is 5.92 Å². The number of halogens is 2. The molecule has 0 aliphatic heterocycles. The van der Waals surface area contributed by atoms with Crippen molar-refractivity contribution in [1.29, 1.82) is 0 Å². The van der Waals surface area contributed by atoms with Crippen molar-refractivity contribution in [2.45, 2.75) is 19.9 Å². The van der Waals surface area contributed by atoms with Crippen LogP contribution in [0.2, 0.25) is 0 Å². The van der Waals surface area contributed by atoms with Gasteiger partial charge in [-0.15, -0.1) is 11.3 Å². The molecule has 0 spiro atoms. The largest absolute Gasteiger partial charge is 0.345 e. The molecular weight excluding hydrogens is 388 g/mol. The van der Waals surface area contributed by atoms with Gasteiger partial charge in [0.15, 0.2) is 0 Å². The third-order valence-electron chi connectivity index (χ3n) is 3.01. The number of benzene rings is 1. The monoisotopic (exact) mass is 403 g/mol. The molecule has 0 radical (unpaired) electrons. The first-order valence-electron chi connectivity index (χ1n) is 6.27. The standard InChI is InChI=1S/C15H15FINOS/c1-9(2)14(10-3-5-12(16)6-4-10)18-15(19)11-7-13(17)20-8-11/h3-9,14H,1-2H3,(H,18,19). The third-order valence-corrected chi connectivity index (χ3v) is 4.80. The second-order valence-electron chi connectivity index (χ2n) is 4.89. The van der Waals surface area contributed by atoms with E-state index in [4.69, 9.17) is 0 Å². The highest BCUT2D eigenvalue weighted by Gasteiger charge is 2.19. The van der Waals surface area contributed by atoms with Crippen molar-refractivity contribution in [1.82, 2.24) is 5.32 Å². The lowest BCUT2D eigenvalue weighted by molar-refractivity contribution is 0.0926. The van der Waals surface area contributed by atoms with E-state index in [1.54, 1.807) is 23.5 Å². The first-order valence-corrected chi connectivity index (χ1v) is 8.23. The lowest BCUT2D eigenvalue weighted by atomic mass is 9.96. The highest BCUT2D eigenvalue weighted by molar-refractivity contribution is 14.1. The molecule has 5 heteroatoms. The van der Waals surface area contributed by atoms with E-state index in [-0.39, 0.29) is 23.7 Å². The Bertz CT molecular complexity index is 594. The van der Waals surface area contributed by atoms with Gasteiger partial charge in [-0.1, -0.05) is 26.0 Å². The average molecular weight is 403 g/mol. The Balaban J connectivity index is 2.17. The van der Waals surface area contributed by atoms with Gasteiger partial charge < -0.3 is 5.32 Å². The SMILES string of the molecule is CC(C)C(NC(=O)c1csc(I)c1)c1ccc(F)cc1. The summed E-state index contributed by atoms with van der Waals surface area (Å²) in [4.78, 5) is 12.2. The van der Waals surface area contributed by atoms with Gasteiger partial charge in [0.05, 0.1) is 14.5 Å². The summed E-state index contributed by atoms with van der Waals surface area (Å²) < 4.78 is 14.1. The van der Waals surface area contributed by atoms with Gasteiger partial charge in [0.25, 0.3) is 5.91 Å². The van der Waals surface area contributed by atoms with Gasteiger partial charge >= 0.3 is 0 Å². The van der Waals surface area contributed by atoms with Gasteiger partial charge in [0.1, 0.15) is 5.82 Å². The zero-order valence-electron chi connectivity index (χ0n) is 11.2. The van der Waals surface area contributed by atoms with Crippen molar-refractivity contribution in [2.75, 3.05) is 0 Å². The predicted molar refractivity (Wildman–Crippen MR) is 88.5 cm³/mol. The number of thiophene rings is 1. The molecule has 0 aliphatic carbocycles. The second kappa shape index (κ2) is 6.67. The lowest BCUT2D eigenvalue weighted by Crippen LogP contribution is -2.31. The van der Waals surface area contributed by atoms with Crippen molar-refractivity contribution in [3.8, 4) is 0 Å². The summed E-state index contributed by atoms with van der Waals surface area (Å²) >= 11 is 3.74. The minimum Gasteiger partial charge on any atom is -0.345 e. The number of rotatable bonds is 4. The van der Waals surface area contributed by atoms with E-state index >= 15 is 0 Å². The van der Waals surface area contributed by atoms with E-state index in [1.807, 2.05) is 25.3 Å². The smallest absolute Gasteiger partial charge is 0.252 e. The zero-order chi connectivity index (χ0) is 14.7. The summed E-state index contributed by atoms with van der Waals surface area (Å²) in [5.41, 5.74) is 1.59. The molecule has 20 heavy (non-hydrogen) atoms. The topological polar surface area (TPSA) is 29.1 Å². The molecule has 0 bridgehead atoms. The molecule has 0 aliphatic rings. The molecule has 1 aromatic carbocycles. The summed E-state index contributed by atoms with van der Waals surface area (Å²) in [7, 11) is 0. The summed E-state index contributed by atoms with van der Waals surface area (Å²) in [6.07, 6.45) is 0. The van der Waals surface area contributed by atoms with Crippen LogP contribution in [-0.2, 0) is 0 Å². The molecular formula is C15H15FINOS. The third kappa shape index (κ3) is 3.79. The molecule has 106 valence electrons. The van der Waals surface area contributed by atoms with Gasteiger partial charge in [0.2, 0.25) is 0 Å². The number of hydrogen-bond acceptors (Lipinski definition) is 2. The van der Waals surface area contributed by atoms with Gasteiger partial charge in [-0.2, -0.15) is 0 Å². The Hall–Kier alpha value is -0.950. The number of amides is 1. The summed E-state index contributed by atoms with van der Waals surface area (Å²) in [5.74, 6) is -0.135. The molecule has 1 amide bonds. The molecule has 1 atom stereocenters. The minimum atomic E-state index is -0.269. The van der Waals surface area contributed by atoms with Gasteiger partial charge in [-0.05, 0) is 52.3 Å². The maximum absolute atomic E-state index is 13.0. The van der Waals surface area contributed by atoms with E-state index in [2.05, 4.69) is 27.9 Å². The van der Waals surface area contributed by atoms with Crippen LogP contribution in [0.3, 0.4) is 0 Å². The van der Waals surface area contributed by atoms with Crippen molar-refractivity contribution in [3.05, 3.63) is 55.5 Å². The number of carbonyl (C=O) groups is 1. The predicted octanol–water partition coefficient (Wildman–Crippen LogP) is 4.62. The van der Waals surface area contributed by atoms with Crippen LogP contribution in [0, 0.1) is 14.6 Å². The van der Waals surface area contributed by atoms with Crippen LogP contribution >= 0.6 is 33.9 Å². The first kappa shape index (κ1) is 15.4. The van der Waals surface area contributed by atoms with Crippen molar-refractivity contribution in [3.63, 3.8) is 0 Å². The van der Waals surface area contributed by atoms with Crippen LogP contribution in [0.25, 0.3) is 0 Å². The number of nitrogens with one attached hydrogen (secondary N) is 1. The highest BCUT2D eigenvalue weighted by Crippen LogP contribution is 2.23. The Morgan fingerprint density at radius 2 is 1.95 bits per heavy atom. The van der Waals surface area contributed by atoms with Crippen molar-refractivity contribution >= 4 is 39.8 Å². The Morgan fingerprint density at radius 3 is 2.45 bits per heavy atom. The molecule has 2 rings (SSSR count). The van der Waals surface area contributed by atoms with Gasteiger partial charge in [-0.3, -0.25) is 4.79 Å². The molecule has 0 saturated heterocycles. The van der Waals surface area contributed by atoms with E-state index in [0.717, 1.165) is 8.45 Å². The van der Waals surface area contributed by atoms with Crippen LogP contribution in [-0.4, -0.2) is 5.91 Å². The van der Waals surface area contributed by atoms with Gasteiger partial charge in [-0.25, -0.2) is 4.39 Å². The Kier molecular flexibility index (Phi) is 5.15. The average Bonchev–Trinajstić information content (AvgIpc) is 2.83. The second-order valence-corrected chi connectivity index (χ2v) is 7.69. The highest BCUT2D eigenvalue weighted by atomic mass is 127.